The summed E-state index contributed by atoms with van der Waals surface area (Å²) in [5, 5.41) is 25.4. The molecule has 3 heterocycles. The third-order valence-electron chi connectivity index (χ3n) is 6.99. The number of para-hydroxylation sites is 1. The van der Waals surface area contributed by atoms with Gasteiger partial charge in [0.05, 0.1) is 13.2 Å². The summed E-state index contributed by atoms with van der Waals surface area (Å²) in [7, 11) is 0. The van der Waals surface area contributed by atoms with Crippen molar-refractivity contribution >= 4 is 17.3 Å². The lowest BCUT2D eigenvalue weighted by molar-refractivity contribution is 0.0469. The Labute approximate surface area is 228 Å². The number of imidazole rings is 1. The van der Waals surface area contributed by atoms with E-state index >= 15 is 0 Å². The summed E-state index contributed by atoms with van der Waals surface area (Å²) in [5.74, 6) is 0.976. The molecule has 0 amide bonds. The van der Waals surface area contributed by atoms with E-state index in [-0.39, 0.29) is 6.61 Å². The number of carbonyl (C=O) groups is 1. The highest BCUT2D eigenvalue weighted by molar-refractivity contribution is 5.89. The first-order valence-corrected chi connectivity index (χ1v) is 13.5. The van der Waals surface area contributed by atoms with Crippen LogP contribution in [-0.2, 0) is 42.7 Å². The molecule has 2 N–H and O–H groups in total. The molecule has 1 aliphatic heterocycles. The van der Waals surface area contributed by atoms with E-state index in [0.717, 1.165) is 42.0 Å². The van der Waals surface area contributed by atoms with Crippen LogP contribution in [0.3, 0.4) is 0 Å². The van der Waals surface area contributed by atoms with E-state index in [1.54, 1.807) is 20.8 Å². The SMILES string of the molecule is CCCc1nc(C(C)(C)O)c(C(=O)OCC)n1Cc1ccc2c(c1)CCc1ccccc1N2Cc1nnn[nH]1. The number of benzene rings is 2. The fourth-order valence-corrected chi connectivity index (χ4v) is 5.25. The molecule has 0 saturated carbocycles. The van der Waals surface area contributed by atoms with Crippen molar-refractivity contribution in [3.05, 3.63) is 82.2 Å². The van der Waals surface area contributed by atoms with Gasteiger partial charge >= 0.3 is 5.97 Å². The van der Waals surface area contributed by atoms with Gasteiger partial charge in [0.2, 0.25) is 0 Å². The normalized spacial score (nSPS) is 13.1. The number of aryl methyl sites for hydroxylation is 3. The molecule has 0 atom stereocenters. The van der Waals surface area contributed by atoms with Crippen LogP contribution in [0.15, 0.2) is 42.5 Å². The molecule has 0 fully saturated rings. The van der Waals surface area contributed by atoms with E-state index in [1.807, 2.05) is 4.57 Å². The summed E-state index contributed by atoms with van der Waals surface area (Å²) in [6.45, 7) is 8.35. The van der Waals surface area contributed by atoms with Gasteiger partial charge in [0.1, 0.15) is 17.1 Å². The number of nitrogens with one attached hydrogen (secondary N) is 1. The second-order valence-corrected chi connectivity index (χ2v) is 10.4. The van der Waals surface area contributed by atoms with E-state index in [4.69, 9.17) is 9.72 Å². The molecule has 0 radical (unpaired) electrons. The van der Waals surface area contributed by atoms with Gasteiger partial charge in [-0.2, -0.15) is 0 Å². The summed E-state index contributed by atoms with van der Waals surface area (Å²) in [5.41, 5.74) is 5.13. The first-order chi connectivity index (χ1) is 18.8. The van der Waals surface area contributed by atoms with E-state index in [1.165, 1.54) is 11.1 Å². The van der Waals surface area contributed by atoms with Gasteiger partial charge in [-0.25, -0.2) is 14.9 Å². The molecule has 204 valence electrons. The molecular formula is C29H35N7O3. The van der Waals surface area contributed by atoms with Crippen LogP contribution >= 0.6 is 0 Å². The molecule has 0 saturated heterocycles. The summed E-state index contributed by atoms with van der Waals surface area (Å²) >= 11 is 0. The van der Waals surface area contributed by atoms with Crippen molar-refractivity contribution < 1.29 is 14.6 Å². The minimum atomic E-state index is -1.29. The second kappa shape index (κ2) is 11.0. The van der Waals surface area contributed by atoms with E-state index in [0.29, 0.717) is 36.7 Å². The monoisotopic (exact) mass is 529 g/mol. The standard InChI is InChI=1S/C29H35N7O3/c1-5-9-25-30-27(29(3,4)38)26(28(37)39-6-2)36(25)17-19-12-15-23-21(16-19)14-13-20-10-7-8-11-22(20)35(23)18-24-31-33-34-32-24/h7-8,10-12,15-16,38H,5-6,9,13-14,17-18H2,1-4H3,(H,31,32,33,34). The van der Waals surface area contributed by atoms with Crippen LogP contribution in [0.25, 0.3) is 0 Å². The zero-order chi connectivity index (χ0) is 27.6. The summed E-state index contributed by atoms with van der Waals surface area (Å²) in [6.07, 6.45) is 3.32. The first kappa shape index (κ1) is 26.6. The second-order valence-electron chi connectivity index (χ2n) is 10.4. The predicted molar refractivity (Wildman–Crippen MR) is 147 cm³/mol. The third kappa shape index (κ3) is 5.42. The van der Waals surface area contributed by atoms with Gasteiger partial charge in [-0.3, -0.25) is 0 Å². The van der Waals surface area contributed by atoms with Crippen molar-refractivity contribution in [2.75, 3.05) is 11.5 Å². The average Bonchev–Trinajstić information content (AvgIpc) is 3.52. The highest BCUT2D eigenvalue weighted by Gasteiger charge is 2.32. The number of aromatic amines is 1. The fourth-order valence-electron chi connectivity index (χ4n) is 5.25. The Morgan fingerprint density at radius 1 is 1.08 bits per heavy atom. The van der Waals surface area contributed by atoms with Crippen molar-refractivity contribution in [2.45, 2.75) is 72.1 Å². The summed E-state index contributed by atoms with van der Waals surface area (Å²) in [4.78, 5) is 20.1. The van der Waals surface area contributed by atoms with Crippen molar-refractivity contribution in [3.8, 4) is 0 Å². The van der Waals surface area contributed by atoms with E-state index in [9.17, 15) is 9.90 Å². The number of aromatic nitrogens is 6. The van der Waals surface area contributed by atoms with Crippen molar-refractivity contribution in [3.63, 3.8) is 0 Å². The molecule has 1 aliphatic rings. The third-order valence-corrected chi connectivity index (χ3v) is 6.99. The maximum absolute atomic E-state index is 13.1. The number of tetrazole rings is 1. The summed E-state index contributed by atoms with van der Waals surface area (Å²) in [6, 6.07) is 14.9. The molecule has 4 aromatic rings. The number of esters is 1. The first-order valence-electron chi connectivity index (χ1n) is 13.5. The lowest BCUT2D eigenvalue weighted by atomic mass is 10.0. The van der Waals surface area contributed by atoms with E-state index in [2.05, 4.69) is 74.9 Å². The van der Waals surface area contributed by atoms with Gasteiger partial charge in [-0.1, -0.05) is 37.3 Å². The predicted octanol–water partition coefficient (Wildman–Crippen LogP) is 4.24. The van der Waals surface area contributed by atoms with Crippen LogP contribution in [0, 0.1) is 0 Å². The minimum absolute atomic E-state index is 0.244. The molecule has 5 rings (SSSR count). The molecule has 0 spiro atoms. The number of rotatable bonds is 9. The molecule has 0 aliphatic carbocycles. The van der Waals surface area contributed by atoms with Crippen LogP contribution in [0.2, 0.25) is 0 Å². The van der Waals surface area contributed by atoms with Crippen LogP contribution < -0.4 is 4.90 Å². The number of hydrogen-bond acceptors (Lipinski definition) is 8. The fraction of sp³-hybridized carbons (Fsp3) is 0.414. The smallest absolute Gasteiger partial charge is 0.357 e. The molecular weight excluding hydrogens is 494 g/mol. The number of hydrogen-bond donors (Lipinski definition) is 2. The number of aliphatic hydroxyl groups is 1. The van der Waals surface area contributed by atoms with Crippen LogP contribution in [0.4, 0.5) is 11.4 Å². The maximum atomic E-state index is 13.1. The zero-order valence-corrected chi connectivity index (χ0v) is 22.9. The van der Waals surface area contributed by atoms with Gasteiger partial charge < -0.3 is 19.3 Å². The number of ether oxygens (including phenoxy) is 1. The average molecular weight is 530 g/mol. The number of nitrogens with zero attached hydrogens (tertiary/aromatic N) is 6. The lowest BCUT2D eigenvalue weighted by Crippen LogP contribution is -2.23. The van der Waals surface area contributed by atoms with Crippen LogP contribution in [0.1, 0.15) is 78.6 Å². The molecule has 2 aromatic carbocycles. The Morgan fingerprint density at radius 2 is 1.85 bits per heavy atom. The zero-order valence-electron chi connectivity index (χ0n) is 22.9. The Morgan fingerprint density at radius 3 is 2.56 bits per heavy atom. The maximum Gasteiger partial charge on any atom is 0.357 e. The van der Waals surface area contributed by atoms with Crippen LogP contribution in [0.5, 0.6) is 0 Å². The van der Waals surface area contributed by atoms with Crippen molar-refractivity contribution in [1.82, 2.24) is 30.2 Å². The Kier molecular flexibility index (Phi) is 7.47. The van der Waals surface area contributed by atoms with Gasteiger partial charge in [-0.05, 0) is 79.3 Å². The van der Waals surface area contributed by atoms with E-state index < -0.39 is 11.6 Å². The minimum Gasteiger partial charge on any atom is -0.461 e. The van der Waals surface area contributed by atoms with Gasteiger partial charge in [0.15, 0.2) is 11.5 Å². The number of H-pyrrole nitrogens is 1. The van der Waals surface area contributed by atoms with Gasteiger partial charge in [0.25, 0.3) is 0 Å². The van der Waals surface area contributed by atoms with Crippen LogP contribution in [-0.4, -0.2) is 47.9 Å². The Hall–Kier alpha value is -4.05. The molecule has 10 heteroatoms. The van der Waals surface area contributed by atoms with Crippen molar-refractivity contribution in [1.29, 1.82) is 0 Å². The van der Waals surface area contributed by atoms with Crippen molar-refractivity contribution in [2.24, 2.45) is 0 Å². The highest BCUT2D eigenvalue weighted by Crippen LogP contribution is 2.37. The Bertz CT molecular complexity index is 1450. The molecule has 39 heavy (non-hydrogen) atoms. The topological polar surface area (TPSA) is 122 Å². The molecule has 2 aromatic heterocycles. The molecule has 0 bridgehead atoms. The van der Waals surface area contributed by atoms with Gasteiger partial charge in [-0.15, -0.1) is 5.10 Å². The van der Waals surface area contributed by atoms with Gasteiger partial charge in [0, 0.05) is 24.3 Å². The highest BCUT2D eigenvalue weighted by atomic mass is 16.5. The molecule has 0 unspecified atom stereocenters. The largest absolute Gasteiger partial charge is 0.461 e. The molecule has 10 nitrogen and oxygen atoms in total. The Balaban J connectivity index is 1.56. The number of anilines is 2. The number of fused-ring (bicyclic) bond motifs is 2. The summed E-state index contributed by atoms with van der Waals surface area (Å²) < 4.78 is 7.32. The number of carbonyl (C=O) groups excluding carboxylic acids is 1. The quantitative estimate of drug-likeness (QED) is 0.309. The lowest BCUT2D eigenvalue weighted by Gasteiger charge is -2.26.